The molecule has 3 rings (SSSR count). The van der Waals surface area contributed by atoms with Crippen molar-refractivity contribution in [1.82, 2.24) is 15.5 Å². The largest absolute Gasteiger partial charge is 0.496 e. The Balaban J connectivity index is 1.68. The predicted octanol–water partition coefficient (Wildman–Crippen LogP) is 3.62. The maximum Gasteiger partial charge on any atom is 0.225 e. The van der Waals surface area contributed by atoms with Crippen molar-refractivity contribution in [2.24, 2.45) is 5.92 Å². The number of piperidine rings is 1. The minimum absolute atomic E-state index is 0.0689. The second kappa shape index (κ2) is 9.04. The second-order valence-corrected chi connectivity index (χ2v) is 7.10. The fourth-order valence-corrected chi connectivity index (χ4v) is 3.62. The fourth-order valence-electron chi connectivity index (χ4n) is 3.52. The number of rotatable bonds is 6. The smallest absolute Gasteiger partial charge is 0.225 e. The number of aromatic nitrogens is 2. The molecular formula is C20H25ClN4O2. The lowest BCUT2D eigenvalue weighted by atomic mass is 9.95. The first-order chi connectivity index (χ1) is 13.1. The maximum atomic E-state index is 12.9. The van der Waals surface area contributed by atoms with Gasteiger partial charge in [-0.1, -0.05) is 36.7 Å². The molecule has 0 saturated carbocycles. The number of para-hydroxylation sites is 1. The third-order valence-electron chi connectivity index (χ3n) is 4.97. The zero-order chi connectivity index (χ0) is 19.2. The van der Waals surface area contributed by atoms with Crippen molar-refractivity contribution in [3.8, 4) is 5.75 Å². The van der Waals surface area contributed by atoms with Crippen molar-refractivity contribution in [3.63, 3.8) is 0 Å². The number of hydrogen-bond acceptors (Lipinski definition) is 5. The number of anilines is 1. The molecule has 1 fully saturated rings. The Kier molecular flexibility index (Phi) is 6.50. The van der Waals surface area contributed by atoms with Crippen molar-refractivity contribution < 1.29 is 9.53 Å². The summed E-state index contributed by atoms with van der Waals surface area (Å²) in [6, 6.07) is 11.3. The Labute approximate surface area is 164 Å². The number of halogens is 1. The highest BCUT2D eigenvalue weighted by Crippen LogP contribution is 2.28. The van der Waals surface area contributed by atoms with Crippen LogP contribution in [0.15, 0.2) is 36.4 Å². The van der Waals surface area contributed by atoms with Gasteiger partial charge in [-0.25, -0.2) is 0 Å². The molecule has 1 N–H and O–H groups in total. The summed E-state index contributed by atoms with van der Waals surface area (Å²) in [6.07, 6.45) is 2.60. The summed E-state index contributed by atoms with van der Waals surface area (Å²) >= 11 is 5.82. The first-order valence-corrected chi connectivity index (χ1v) is 9.67. The van der Waals surface area contributed by atoms with Crippen LogP contribution < -0.4 is 15.0 Å². The highest BCUT2D eigenvalue weighted by molar-refractivity contribution is 6.29. The highest BCUT2D eigenvalue weighted by atomic mass is 35.5. The molecule has 0 unspecified atom stereocenters. The van der Waals surface area contributed by atoms with Gasteiger partial charge in [-0.15, -0.1) is 10.2 Å². The number of ether oxygens (including phenoxy) is 1. The van der Waals surface area contributed by atoms with E-state index in [1.165, 1.54) is 0 Å². The summed E-state index contributed by atoms with van der Waals surface area (Å²) in [5.74, 6) is 1.54. The summed E-state index contributed by atoms with van der Waals surface area (Å²) in [7, 11) is 1.65. The van der Waals surface area contributed by atoms with Crippen LogP contribution in [0.3, 0.4) is 0 Å². The van der Waals surface area contributed by atoms with Crippen LogP contribution in [-0.4, -0.2) is 36.3 Å². The van der Waals surface area contributed by atoms with Crippen LogP contribution in [0.5, 0.6) is 5.75 Å². The van der Waals surface area contributed by atoms with Crippen LogP contribution in [0.2, 0.25) is 5.15 Å². The molecule has 2 aromatic rings. The minimum atomic E-state index is -0.0833. The molecule has 1 aliphatic heterocycles. The number of benzene rings is 1. The van der Waals surface area contributed by atoms with Gasteiger partial charge in [-0.05, 0) is 37.5 Å². The van der Waals surface area contributed by atoms with Crippen LogP contribution in [0, 0.1) is 5.92 Å². The van der Waals surface area contributed by atoms with Crippen LogP contribution in [0.25, 0.3) is 0 Å². The van der Waals surface area contributed by atoms with Gasteiger partial charge in [0, 0.05) is 18.7 Å². The molecule has 144 valence electrons. The van der Waals surface area contributed by atoms with Gasteiger partial charge in [0.1, 0.15) is 5.75 Å². The summed E-state index contributed by atoms with van der Waals surface area (Å²) in [6.45, 7) is 3.56. The number of nitrogens with zero attached hydrogens (tertiary/aromatic N) is 3. The molecule has 2 atom stereocenters. The molecule has 1 aromatic heterocycles. The fraction of sp³-hybridized carbons (Fsp3) is 0.450. The van der Waals surface area contributed by atoms with Gasteiger partial charge in [0.25, 0.3) is 0 Å². The van der Waals surface area contributed by atoms with Crippen molar-refractivity contribution >= 4 is 23.3 Å². The molecule has 7 heteroatoms. The van der Waals surface area contributed by atoms with Crippen molar-refractivity contribution in [2.75, 3.05) is 25.1 Å². The maximum absolute atomic E-state index is 12.9. The molecule has 1 saturated heterocycles. The predicted molar refractivity (Wildman–Crippen MR) is 106 cm³/mol. The van der Waals surface area contributed by atoms with E-state index in [0.29, 0.717) is 11.7 Å². The number of nitrogens with one attached hydrogen (secondary N) is 1. The van der Waals surface area contributed by atoms with E-state index in [0.717, 1.165) is 42.9 Å². The minimum Gasteiger partial charge on any atom is -0.496 e. The third kappa shape index (κ3) is 4.69. The molecule has 0 radical (unpaired) electrons. The van der Waals surface area contributed by atoms with E-state index in [4.69, 9.17) is 16.3 Å². The molecule has 1 amide bonds. The van der Waals surface area contributed by atoms with E-state index < -0.39 is 0 Å². The quantitative estimate of drug-likeness (QED) is 0.818. The van der Waals surface area contributed by atoms with E-state index in [2.05, 4.69) is 27.3 Å². The number of methoxy groups -OCH3 is 1. The van der Waals surface area contributed by atoms with E-state index >= 15 is 0 Å². The van der Waals surface area contributed by atoms with Gasteiger partial charge in [0.05, 0.1) is 19.1 Å². The standard InChI is InChI=1S/C20H25ClN4O2/c1-3-16(15-8-4-5-9-17(15)27-2)22-20(26)14-7-6-12-25(13-14)19-11-10-18(21)23-24-19/h4-5,8-11,14,16H,3,6-7,12-13H2,1-2H3,(H,22,26)/t14-,16-/m0/s1. The number of hydrogen-bond donors (Lipinski definition) is 1. The molecule has 1 aromatic carbocycles. The van der Waals surface area contributed by atoms with Crippen LogP contribution in [-0.2, 0) is 4.79 Å². The molecule has 0 bridgehead atoms. The lowest BCUT2D eigenvalue weighted by Crippen LogP contribution is -2.44. The zero-order valence-corrected chi connectivity index (χ0v) is 16.4. The zero-order valence-electron chi connectivity index (χ0n) is 15.7. The Morgan fingerprint density at radius 2 is 2.15 bits per heavy atom. The molecule has 2 heterocycles. The lowest BCUT2D eigenvalue weighted by Gasteiger charge is -2.33. The summed E-state index contributed by atoms with van der Waals surface area (Å²) in [4.78, 5) is 15.0. The molecule has 1 aliphatic rings. The van der Waals surface area contributed by atoms with Gasteiger partial charge in [0.2, 0.25) is 5.91 Å². The SMILES string of the molecule is CC[C@H](NC(=O)[C@H]1CCCN(c2ccc(Cl)nn2)C1)c1ccccc1OC. The molecule has 0 spiro atoms. The van der Waals surface area contributed by atoms with Gasteiger partial charge in [0.15, 0.2) is 11.0 Å². The monoisotopic (exact) mass is 388 g/mol. The average molecular weight is 389 g/mol. The third-order valence-corrected chi connectivity index (χ3v) is 5.17. The highest BCUT2D eigenvalue weighted by Gasteiger charge is 2.28. The molecule has 0 aliphatic carbocycles. The van der Waals surface area contributed by atoms with Gasteiger partial charge < -0.3 is 15.0 Å². The van der Waals surface area contributed by atoms with Crippen LogP contribution in [0.1, 0.15) is 37.8 Å². The van der Waals surface area contributed by atoms with E-state index in [9.17, 15) is 4.79 Å². The van der Waals surface area contributed by atoms with E-state index in [1.807, 2.05) is 30.3 Å². The first-order valence-electron chi connectivity index (χ1n) is 9.29. The first kappa shape index (κ1) is 19.4. The Morgan fingerprint density at radius 1 is 1.33 bits per heavy atom. The number of carbonyl (C=O) groups is 1. The Bertz CT molecular complexity index is 769. The topological polar surface area (TPSA) is 67.4 Å². The van der Waals surface area contributed by atoms with E-state index in [-0.39, 0.29) is 17.9 Å². The molecule has 27 heavy (non-hydrogen) atoms. The lowest BCUT2D eigenvalue weighted by molar-refractivity contribution is -0.126. The van der Waals surface area contributed by atoms with Gasteiger partial charge in [-0.2, -0.15) is 0 Å². The Hall–Kier alpha value is -2.34. The molecule has 6 nitrogen and oxygen atoms in total. The number of carbonyl (C=O) groups excluding carboxylic acids is 1. The molecular weight excluding hydrogens is 364 g/mol. The van der Waals surface area contributed by atoms with E-state index in [1.54, 1.807) is 13.2 Å². The van der Waals surface area contributed by atoms with Gasteiger partial charge >= 0.3 is 0 Å². The second-order valence-electron chi connectivity index (χ2n) is 6.71. The van der Waals surface area contributed by atoms with Crippen molar-refractivity contribution in [2.45, 2.75) is 32.2 Å². The average Bonchev–Trinajstić information content (AvgIpc) is 2.72. The van der Waals surface area contributed by atoms with Crippen molar-refractivity contribution in [1.29, 1.82) is 0 Å². The van der Waals surface area contributed by atoms with Gasteiger partial charge in [-0.3, -0.25) is 4.79 Å². The summed E-state index contributed by atoms with van der Waals surface area (Å²) < 4.78 is 5.45. The van der Waals surface area contributed by atoms with Crippen LogP contribution in [0.4, 0.5) is 5.82 Å². The van der Waals surface area contributed by atoms with Crippen LogP contribution >= 0.6 is 11.6 Å². The normalized spacial score (nSPS) is 18.0. The summed E-state index contributed by atoms with van der Waals surface area (Å²) in [5.41, 5.74) is 1.01. The summed E-state index contributed by atoms with van der Waals surface area (Å²) in [5, 5.41) is 11.6. The number of amides is 1. The van der Waals surface area contributed by atoms with Crippen molar-refractivity contribution in [3.05, 3.63) is 47.1 Å². The Morgan fingerprint density at radius 3 is 2.85 bits per heavy atom.